The van der Waals surface area contributed by atoms with Crippen LogP contribution in [0.15, 0.2) is 30.3 Å². The molecule has 0 aliphatic carbocycles. The standard InChI is InChI=1S/C17H27N3O3S/c1-15(2)14-19(17(21)16-6-4-3-5-7-16)12-13-24(22,23)20-10-8-18-9-11-20/h3-7,15,18H,8-14H2,1-2H3. The Morgan fingerprint density at radius 2 is 1.83 bits per heavy atom. The average molecular weight is 353 g/mol. The van der Waals surface area contributed by atoms with Gasteiger partial charge in [-0.15, -0.1) is 0 Å². The van der Waals surface area contributed by atoms with E-state index in [2.05, 4.69) is 5.32 Å². The molecule has 0 atom stereocenters. The lowest BCUT2D eigenvalue weighted by Crippen LogP contribution is -2.48. The lowest BCUT2D eigenvalue weighted by atomic mass is 10.1. The molecular weight excluding hydrogens is 326 g/mol. The summed E-state index contributed by atoms with van der Waals surface area (Å²) in [7, 11) is -3.33. The van der Waals surface area contributed by atoms with Crippen LogP contribution in [0.3, 0.4) is 0 Å². The van der Waals surface area contributed by atoms with Crippen molar-refractivity contribution < 1.29 is 13.2 Å². The molecule has 1 amide bonds. The maximum absolute atomic E-state index is 12.7. The number of sulfonamides is 1. The second-order valence-corrected chi connectivity index (χ2v) is 8.56. The third-order valence-electron chi connectivity index (χ3n) is 3.98. The second-order valence-electron chi connectivity index (χ2n) is 6.48. The fourth-order valence-corrected chi connectivity index (χ4v) is 4.21. The van der Waals surface area contributed by atoms with E-state index in [-0.39, 0.29) is 24.1 Å². The Kier molecular flexibility index (Phi) is 6.77. The van der Waals surface area contributed by atoms with Crippen molar-refractivity contribution in [3.8, 4) is 0 Å². The first kappa shape index (κ1) is 18.9. The van der Waals surface area contributed by atoms with Gasteiger partial charge in [0.05, 0.1) is 5.75 Å². The Bertz CT molecular complexity index is 626. The van der Waals surface area contributed by atoms with Crippen LogP contribution in [0.2, 0.25) is 0 Å². The van der Waals surface area contributed by atoms with E-state index in [9.17, 15) is 13.2 Å². The van der Waals surface area contributed by atoms with Gasteiger partial charge >= 0.3 is 0 Å². The zero-order valence-corrected chi connectivity index (χ0v) is 15.3. The molecule has 2 rings (SSSR count). The van der Waals surface area contributed by atoms with Gasteiger partial charge in [-0.25, -0.2) is 8.42 Å². The van der Waals surface area contributed by atoms with E-state index in [0.717, 1.165) is 0 Å². The third kappa shape index (κ3) is 5.29. The van der Waals surface area contributed by atoms with Gasteiger partial charge in [-0.1, -0.05) is 32.0 Å². The molecule has 0 bridgehead atoms. The van der Waals surface area contributed by atoms with Gasteiger partial charge in [-0.2, -0.15) is 4.31 Å². The molecule has 134 valence electrons. The minimum absolute atomic E-state index is 0.0295. The topological polar surface area (TPSA) is 69.7 Å². The molecule has 6 nitrogen and oxygen atoms in total. The normalized spacial score (nSPS) is 16.3. The SMILES string of the molecule is CC(C)CN(CCS(=O)(=O)N1CCNCC1)C(=O)c1ccccc1. The molecule has 7 heteroatoms. The monoisotopic (exact) mass is 353 g/mol. The highest BCUT2D eigenvalue weighted by Crippen LogP contribution is 2.10. The Labute approximate surface area is 144 Å². The zero-order valence-electron chi connectivity index (χ0n) is 14.4. The van der Waals surface area contributed by atoms with Gasteiger partial charge in [0.25, 0.3) is 5.91 Å². The number of carbonyl (C=O) groups is 1. The molecule has 1 aliphatic rings. The number of nitrogens with one attached hydrogen (secondary N) is 1. The smallest absolute Gasteiger partial charge is 0.253 e. The summed E-state index contributed by atoms with van der Waals surface area (Å²) >= 11 is 0. The van der Waals surface area contributed by atoms with E-state index in [0.29, 0.717) is 38.3 Å². The number of hydrogen-bond donors (Lipinski definition) is 1. The van der Waals surface area contributed by atoms with Gasteiger partial charge in [0, 0.05) is 44.8 Å². The molecule has 1 aromatic rings. The molecule has 0 aromatic heterocycles. The molecule has 1 N–H and O–H groups in total. The van der Waals surface area contributed by atoms with Gasteiger partial charge in [-0.05, 0) is 18.1 Å². The van der Waals surface area contributed by atoms with Gasteiger partial charge in [0.2, 0.25) is 10.0 Å². The van der Waals surface area contributed by atoms with E-state index in [1.165, 1.54) is 4.31 Å². The van der Waals surface area contributed by atoms with Crippen LogP contribution in [0.25, 0.3) is 0 Å². The maximum atomic E-state index is 12.7. The highest BCUT2D eigenvalue weighted by atomic mass is 32.2. The average Bonchev–Trinajstić information content (AvgIpc) is 2.59. The first-order valence-corrected chi connectivity index (χ1v) is 10.0. The molecule has 24 heavy (non-hydrogen) atoms. The van der Waals surface area contributed by atoms with Crippen LogP contribution in [0, 0.1) is 5.92 Å². The Balaban J connectivity index is 2.04. The van der Waals surface area contributed by atoms with Crippen LogP contribution in [0.1, 0.15) is 24.2 Å². The summed E-state index contributed by atoms with van der Waals surface area (Å²) in [5.41, 5.74) is 0.595. The summed E-state index contributed by atoms with van der Waals surface area (Å²) in [4.78, 5) is 14.3. The molecule has 1 heterocycles. The van der Waals surface area contributed by atoms with Gasteiger partial charge in [0.1, 0.15) is 0 Å². The largest absolute Gasteiger partial charge is 0.337 e. The summed E-state index contributed by atoms with van der Waals surface area (Å²) < 4.78 is 26.5. The van der Waals surface area contributed by atoms with E-state index < -0.39 is 10.0 Å². The summed E-state index contributed by atoms with van der Waals surface area (Å²) in [6.07, 6.45) is 0. The van der Waals surface area contributed by atoms with E-state index in [1.807, 2.05) is 32.0 Å². The van der Waals surface area contributed by atoms with Crippen LogP contribution in [-0.4, -0.2) is 68.6 Å². The lowest BCUT2D eigenvalue weighted by molar-refractivity contribution is 0.0746. The minimum atomic E-state index is -3.33. The molecule has 1 fully saturated rings. The van der Waals surface area contributed by atoms with Gasteiger partial charge in [-0.3, -0.25) is 4.79 Å². The van der Waals surface area contributed by atoms with E-state index in [4.69, 9.17) is 0 Å². The quantitative estimate of drug-likeness (QED) is 0.795. The predicted octanol–water partition coefficient (Wildman–Crippen LogP) is 1.02. The molecule has 1 aliphatic heterocycles. The van der Waals surface area contributed by atoms with Crippen molar-refractivity contribution in [3.05, 3.63) is 35.9 Å². The van der Waals surface area contributed by atoms with Gasteiger partial charge in [0.15, 0.2) is 0 Å². The van der Waals surface area contributed by atoms with Crippen molar-refractivity contribution in [2.24, 2.45) is 5.92 Å². The molecule has 0 unspecified atom stereocenters. The van der Waals surface area contributed by atoms with Crippen molar-refractivity contribution in [2.45, 2.75) is 13.8 Å². The number of nitrogens with zero attached hydrogens (tertiary/aromatic N) is 2. The molecule has 0 saturated carbocycles. The molecular formula is C17H27N3O3S. The number of hydrogen-bond acceptors (Lipinski definition) is 4. The number of benzene rings is 1. The number of amides is 1. The summed E-state index contributed by atoms with van der Waals surface area (Å²) in [6, 6.07) is 9.02. The van der Waals surface area contributed by atoms with E-state index >= 15 is 0 Å². The minimum Gasteiger partial charge on any atom is -0.337 e. The third-order valence-corrected chi connectivity index (χ3v) is 5.83. The van der Waals surface area contributed by atoms with Crippen LogP contribution in [-0.2, 0) is 10.0 Å². The van der Waals surface area contributed by atoms with Crippen LogP contribution in [0.5, 0.6) is 0 Å². The second kappa shape index (κ2) is 8.60. The maximum Gasteiger partial charge on any atom is 0.253 e. The lowest BCUT2D eigenvalue weighted by Gasteiger charge is -2.29. The van der Waals surface area contributed by atoms with E-state index in [1.54, 1.807) is 17.0 Å². The number of piperazine rings is 1. The van der Waals surface area contributed by atoms with Gasteiger partial charge < -0.3 is 10.2 Å². The van der Waals surface area contributed by atoms with Crippen molar-refractivity contribution in [3.63, 3.8) is 0 Å². The van der Waals surface area contributed by atoms with Crippen LogP contribution in [0.4, 0.5) is 0 Å². The number of rotatable bonds is 7. The molecule has 0 radical (unpaired) electrons. The van der Waals surface area contributed by atoms with Crippen molar-refractivity contribution >= 4 is 15.9 Å². The van der Waals surface area contributed by atoms with Crippen molar-refractivity contribution in [1.29, 1.82) is 0 Å². The first-order valence-electron chi connectivity index (χ1n) is 8.43. The van der Waals surface area contributed by atoms with Crippen LogP contribution < -0.4 is 5.32 Å². The Hall–Kier alpha value is -1.44. The highest BCUT2D eigenvalue weighted by molar-refractivity contribution is 7.89. The fourth-order valence-electron chi connectivity index (χ4n) is 2.76. The first-order chi connectivity index (χ1) is 11.4. The Morgan fingerprint density at radius 3 is 2.42 bits per heavy atom. The number of carbonyl (C=O) groups excluding carboxylic acids is 1. The summed E-state index contributed by atoms with van der Waals surface area (Å²) in [5, 5.41) is 3.15. The predicted molar refractivity (Wildman–Crippen MR) is 95.4 cm³/mol. The van der Waals surface area contributed by atoms with Crippen molar-refractivity contribution in [1.82, 2.24) is 14.5 Å². The molecule has 0 spiro atoms. The molecule has 1 aromatic carbocycles. The summed E-state index contributed by atoms with van der Waals surface area (Å²) in [5.74, 6) is 0.137. The van der Waals surface area contributed by atoms with Crippen molar-refractivity contribution in [2.75, 3.05) is 45.0 Å². The Morgan fingerprint density at radius 1 is 1.21 bits per heavy atom. The fraction of sp³-hybridized carbons (Fsp3) is 0.588. The highest BCUT2D eigenvalue weighted by Gasteiger charge is 2.26. The zero-order chi connectivity index (χ0) is 17.6. The van der Waals surface area contributed by atoms with Crippen LogP contribution >= 0.6 is 0 Å². The molecule has 1 saturated heterocycles. The summed E-state index contributed by atoms with van der Waals surface area (Å²) in [6.45, 7) is 7.17.